The number of carbonyl (C=O) groups excluding carboxylic acids is 1. The number of nitrogens with zero attached hydrogens (tertiary/aromatic N) is 4. The highest BCUT2D eigenvalue weighted by molar-refractivity contribution is 7.19. The Labute approximate surface area is 194 Å². The van der Waals surface area contributed by atoms with Gasteiger partial charge in [0.05, 0.1) is 11.9 Å². The van der Waals surface area contributed by atoms with Gasteiger partial charge in [0.1, 0.15) is 4.83 Å². The molecule has 6 rings (SSSR count). The van der Waals surface area contributed by atoms with E-state index in [-0.39, 0.29) is 18.0 Å². The first-order valence-corrected chi connectivity index (χ1v) is 12.1. The first-order chi connectivity index (χ1) is 16.2. The van der Waals surface area contributed by atoms with E-state index in [9.17, 15) is 9.59 Å². The number of hydrogen-bond donors (Lipinski definition) is 0. The molecule has 0 saturated carbocycles. The van der Waals surface area contributed by atoms with E-state index in [2.05, 4.69) is 5.10 Å². The maximum atomic E-state index is 13.6. The Hall–Kier alpha value is -3.58. The van der Waals surface area contributed by atoms with Crippen molar-refractivity contribution in [3.8, 4) is 0 Å². The summed E-state index contributed by atoms with van der Waals surface area (Å²) in [5, 5.41) is 5.58. The van der Waals surface area contributed by atoms with Crippen molar-refractivity contribution in [3.05, 3.63) is 98.5 Å². The van der Waals surface area contributed by atoms with Crippen LogP contribution < -0.4 is 5.69 Å². The second-order valence-corrected chi connectivity index (χ2v) is 9.56. The largest absolute Gasteiger partial charge is 0.352 e. The third-order valence-corrected chi connectivity index (χ3v) is 7.60. The molecule has 0 unspecified atom stereocenters. The Kier molecular flexibility index (Phi) is 4.91. The highest BCUT2D eigenvalue weighted by Crippen LogP contribution is 2.37. The third-order valence-electron chi connectivity index (χ3n) is 6.29. The molecule has 2 aromatic carbocycles. The molecule has 5 aromatic rings. The summed E-state index contributed by atoms with van der Waals surface area (Å²) in [6.07, 6.45) is 4.80. The SMILES string of the molecule is O=C(Cn1c(=O)n2nc(Cc3ccccc3)nc2c2c3c(sc21)CCCC3)c1ccccc1. The van der Waals surface area contributed by atoms with E-state index in [1.54, 1.807) is 28.0 Å². The van der Waals surface area contributed by atoms with Crippen LogP contribution >= 0.6 is 11.3 Å². The van der Waals surface area contributed by atoms with Gasteiger partial charge in [0.25, 0.3) is 0 Å². The minimum Gasteiger partial charge on any atom is -0.292 e. The summed E-state index contributed by atoms with van der Waals surface area (Å²) < 4.78 is 3.00. The smallest absolute Gasteiger partial charge is 0.292 e. The number of carbonyl (C=O) groups is 1. The first-order valence-electron chi connectivity index (χ1n) is 11.2. The lowest BCUT2D eigenvalue weighted by Gasteiger charge is -2.11. The number of Topliss-reactive ketones (excluding diaryl/α,β-unsaturated/α-hetero) is 1. The quantitative estimate of drug-likeness (QED) is 0.368. The molecule has 3 aromatic heterocycles. The summed E-state index contributed by atoms with van der Waals surface area (Å²) >= 11 is 1.64. The fourth-order valence-electron chi connectivity index (χ4n) is 4.67. The summed E-state index contributed by atoms with van der Waals surface area (Å²) in [5.41, 5.74) is 3.26. The van der Waals surface area contributed by atoms with Gasteiger partial charge in [-0.3, -0.25) is 9.36 Å². The number of aryl methyl sites for hydroxylation is 2. The number of thiophene rings is 1. The lowest BCUT2D eigenvalue weighted by molar-refractivity contribution is 0.0972. The molecule has 1 aliphatic carbocycles. The highest BCUT2D eigenvalue weighted by Gasteiger charge is 2.25. The Morgan fingerprint density at radius 1 is 0.970 bits per heavy atom. The molecule has 6 nitrogen and oxygen atoms in total. The molecule has 0 radical (unpaired) electrons. The van der Waals surface area contributed by atoms with Crippen LogP contribution in [-0.2, 0) is 25.8 Å². The van der Waals surface area contributed by atoms with Crippen molar-refractivity contribution >= 4 is 33.0 Å². The second-order valence-electron chi connectivity index (χ2n) is 8.47. The predicted molar refractivity (Wildman–Crippen MR) is 129 cm³/mol. The fraction of sp³-hybridized carbons (Fsp3) is 0.231. The van der Waals surface area contributed by atoms with E-state index in [0.717, 1.165) is 41.5 Å². The number of rotatable bonds is 5. The number of ketones is 1. The van der Waals surface area contributed by atoms with Gasteiger partial charge in [-0.1, -0.05) is 60.7 Å². The van der Waals surface area contributed by atoms with Gasteiger partial charge in [-0.25, -0.2) is 9.78 Å². The first kappa shape index (κ1) is 20.1. The number of hydrogen-bond acceptors (Lipinski definition) is 5. The minimum atomic E-state index is -0.313. The zero-order valence-electron chi connectivity index (χ0n) is 18.0. The second kappa shape index (κ2) is 8.08. The van der Waals surface area contributed by atoms with E-state index < -0.39 is 0 Å². The molecule has 0 atom stereocenters. The molecule has 0 N–H and O–H groups in total. The van der Waals surface area contributed by atoms with Crippen LogP contribution in [0.25, 0.3) is 15.9 Å². The van der Waals surface area contributed by atoms with Gasteiger partial charge in [-0.15, -0.1) is 16.4 Å². The Balaban J connectivity index is 1.54. The van der Waals surface area contributed by atoms with Crippen molar-refractivity contribution in [3.63, 3.8) is 0 Å². The lowest BCUT2D eigenvalue weighted by Crippen LogP contribution is -2.30. The van der Waals surface area contributed by atoms with Gasteiger partial charge in [0.15, 0.2) is 17.3 Å². The summed E-state index contributed by atoms with van der Waals surface area (Å²) in [6, 6.07) is 19.1. The van der Waals surface area contributed by atoms with Gasteiger partial charge in [0.2, 0.25) is 0 Å². The molecule has 0 spiro atoms. The van der Waals surface area contributed by atoms with Crippen molar-refractivity contribution in [2.45, 2.75) is 38.6 Å². The number of benzene rings is 2. The maximum Gasteiger partial charge on any atom is 0.352 e. The van der Waals surface area contributed by atoms with Crippen LogP contribution in [0.5, 0.6) is 0 Å². The van der Waals surface area contributed by atoms with Crippen molar-refractivity contribution in [2.24, 2.45) is 0 Å². The molecule has 7 heteroatoms. The van der Waals surface area contributed by atoms with E-state index in [0.29, 0.717) is 23.5 Å². The summed E-state index contributed by atoms with van der Waals surface area (Å²) in [6.45, 7) is -0.0114. The van der Waals surface area contributed by atoms with Crippen LogP contribution in [0.4, 0.5) is 0 Å². The summed E-state index contributed by atoms with van der Waals surface area (Å²) in [5.74, 6) is 0.525. The Morgan fingerprint density at radius 2 is 1.70 bits per heavy atom. The highest BCUT2D eigenvalue weighted by atomic mass is 32.1. The van der Waals surface area contributed by atoms with E-state index in [1.165, 1.54) is 15.0 Å². The van der Waals surface area contributed by atoms with E-state index >= 15 is 0 Å². The average Bonchev–Trinajstić information content (AvgIpc) is 3.44. The van der Waals surface area contributed by atoms with E-state index in [4.69, 9.17) is 4.98 Å². The summed E-state index contributed by atoms with van der Waals surface area (Å²) in [7, 11) is 0. The van der Waals surface area contributed by atoms with Crippen LogP contribution in [0, 0.1) is 0 Å². The molecular formula is C26H22N4O2S. The molecule has 3 heterocycles. The fourth-order valence-corrected chi connectivity index (χ4v) is 6.05. The molecule has 0 bridgehead atoms. The zero-order chi connectivity index (χ0) is 22.4. The van der Waals surface area contributed by atoms with Gasteiger partial charge >= 0.3 is 5.69 Å². The van der Waals surface area contributed by atoms with Gasteiger partial charge in [-0.05, 0) is 36.8 Å². The van der Waals surface area contributed by atoms with Crippen molar-refractivity contribution in [1.29, 1.82) is 0 Å². The van der Waals surface area contributed by atoms with Gasteiger partial charge in [0, 0.05) is 16.9 Å². The normalized spacial score (nSPS) is 13.5. The van der Waals surface area contributed by atoms with Crippen molar-refractivity contribution in [1.82, 2.24) is 19.2 Å². The van der Waals surface area contributed by atoms with Crippen LogP contribution in [0.15, 0.2) is 65.5 Å². The molecular weight excluding hydrogens is 432 g/mol. The Bertz CT molecular complexity index is 1550. The maximum absolute atomic E-state index is 13.6. The topological polar surface area (TPSA) is 69.3 Å². The van der Waals surface area contributed by atoms with Crippen molar-refractivity contribution in [2.75, 3.05) is 0 Å². The number of fused-ring (bicyclic) bond motifs is 5. The zero-order valence-corrected chi connectivity index (χ0v) is 18.8. The molecule has 164 valence electrons. The Morgan fingerprint density at radius 3 is 2.48 bits per heavy atom. The standard InChI is InChI=1S/C26H22N4O2S/c31-20(18-11-5-2-6-12-18)16-29-25-23(19-13-7-8-14-21(19)33-25)24-27-22(28-30(24)26(29)32)15-17-9-3-1-4-10-17/h1-6,9-12H,7-8,13-16H2. The van der Waals surface area contributed by atoms with Gasteiger partial charge < -0.3 is 0 Å². The van der Waals surface area contributed by atoms with E-state index in [1.807, 2.05) is 48.5 Å². The van der Waals surface area contributed by atoms with Crippen molar-refractivity contribution < 1.29 is 4.79 Å². The molecule has 1 aliphatic rings. The minimum absolute atomic E-state index is 0.0114. The lowest BCUT2D eigenvalue weighted by atomic mass is 9.97. The molecule has 0 aliphatic heterocycles. The average molecular weight is 455 g/mol. The summed E-state index contributed by atoms with van der Waals surface area (Å²) in [4.78, 5) is 33.6. The third kappa shape index (κ3) is 3.49. The van der Waals surface area contributed by atoms with Crippen LogP contribution in [0.3, 0.4) is 0 Å². The number of aromatic nitrogens is 4. The van der Waals surface area contributed by atoms with Crippen LogP contribution in [-0.4, -0.2) is 24.9 Å². The molecule has 33 heavy (non-hydrogen) atoms. The predicted octanol–water partition coefficient (Wildman–Crippen LogP) is 4.46. The van der Waals surface area contributed by atoms with Crippen LogP contribution in [0.1, 0.15) is 45.0 Å². The molecule has 0 fully saturated rings. The van der Waals surface area contributed by atoms with Crippen LogP contribution in [0.2, 0.25) is 0 Å². The molecule has 0 amide bonds. The molecule has 0 saturated heterocycles. The van der Waals surface area contributed by atoms with Gasteiger partial charge in [-0.2, -0.15) is 4.52 Å². The monoisotopic (exact) mass is 454 g/mol.